The van der Waals surface area contributed by atoms with Gasteiger partial charge < -0.3 is 23.2 Å². The van der Waals surface area contributed by atoms with E-state index in [9.17, 15) is 13.5 Å². The van der Waals surface area contributed by atoms with Gasteiger partial charge in [-0.2, -0.15) is 4.31 Å². The number of quaternary nitrogens is 2. The zero-order valence-electron chi connectivity index (χ0n) is 37.7. The van der Waals surface area contributed by atoms with Crippen LogP contribution < -0.4 is 0 Å². The van der Waals surface area contributed by atoms with Crippen molar-refractivity contribution in [3.63, 3.8) is 0 Å². The first-order valence-corrected chi connectivity index (χ1v) is 25.4. The zero-order chi connectivity index (χ0) is 42.9. The molecule has 56 heavy (non-hydrogen) atoms. The maximum Gasteiger partial charge on any atom is 0.243 e. The lowest BCUT2D eigenvalue weighted by Gasteiger charge is -2.39. The van der Waals surface area contributed by atoms with Crippen molar-refractivity contribution in [1.29, 1.82) is 0 Å². The summed E-state index contributed by atoms with van der Waals surface area (Å²) in [5.74, 6) is 0. The minimum atomic E-state index is -5.17. The molecular formula is C44H89N3O7S2. The van der Waals surface area contributed by atoms with Crippen LogP contribution in [-0.2, 0) is 20.4 Å². The summed E-state index contributed by atoms with van der Waals surface area (Å²) in [6.07, 6.45) is 22.8. The number of sulfonamides is 1. The van der Waals surface area contributed by atoms with Crippen LogP contribution >= 0.6 is 0 Å². The van der Waals surface area contributed by atoms with E-state index in [-0.39, 0.29) is 6.10 Å². The summed E-state index contributed by atoms with van der Waals surface area (Å²) in [5.41, 5.74) is 1.04. The minimum Gasteiger partial charge on any atom is -0.759 e. The van der Waals surface area contributed by atoms with Crippen LogP contribution in [0.5, 0.6) is 0 Å². The maximum atomic E-state index is 12.2. The number of piperidine rings is 1. The lowest BCUT2D eigenvalue weighted by atomic mass is 10.1. The number of aliphatic hydroxyl groups is 1. The van der Waals surface area contributed by atoms with Crippen molar-refractivity contribution in [2.24, 2.45) is 0 Å². The van der Waals surface area contributed by atoms with E-state index in [4.69, 9.17) is 17.5 Å². The molecular weight excluding hydrogens is 747 g/mol. The second kappa shape index (κ2) is 33.7. The highest BCUT2D eigenvalue weighted by Gasteiger charge is 2.29. The molecule has 12 heteroatoms. The minimum absolute atomic E-state index is 0.333. The Morgan fingerprint density at radius 1 is 0.536 bits per heavy atom. The highest BCUT2D eigenvalue weighted by Crippen LogP contribution is 2.21. The second-order valence-electron chi connectivity index (χ2n) is 16.2. The quantitative estimate of drug-likeness (QED) is 0.0557. The summed E-state index contributed by atoms with van der Waals surface area (Å²) >= 11 is 0. The Labute approximate surface area is 347 Å². The van der Waals surface area contributed by atoms with Crippen LogP contribution in [0.2, 0.25) is 0 Å². The summed E-state index contributed by atoms with van der Waals surface area (Å²) in [6.45, 7) is 32.8. The van der Waals surface area contributed by atoms with Gasteiger partial charge in [0.2, 0.25) is 10.0 Å². The monoisotopic (exact) mass is 836 g/mol. The summed E-state index contributed by atoms with van der Waals surface area (Å²) < 4.78 is 62.9. The maximum absolute atomic E-state index is 12.2. The van der Waals surface area contributed by atoms with Crippen molar-refractivity contribution < 1.29 is 40.0 Å². The molecule has 0 unspecified atom stereocenters. The molecule has 0 spiro atoms. The molecule has 1 aliphatic rings. The molecule has 1 aliphatic heterocycles. The topological polar surface area (TPSA) is 138 Å². The first-order valence-electron chi connectivity index (χ1n) is 22.6. The lowest BCUT2D eigenvalue weighted by molar-refractivity contribution is -0.929. The van der Waals surface area contributed by atoms with Crippen molar-refractivity contribution in [2.45, 2.75) is 189 Å². The average Bonchev–Trinajstić information content (AvgIpc) is 3.17. The molecule has 0 aliphatic carbocycles. The van der Waals surface area contributed by atoms with Gasteiger partial charge in [-0.3, -0.25) is 8.42 Å². The van der Waals surface area contributed by atoms with Gasteiger partial charge in [-0.1, -0.05) is 124 Å². The number of benzene rings is 1. The average molecular weight is 836 g/mol. The van der Waals surface area contributed by atoms with E-state index in [0.29, 0.717) is 30.8 Å². The third-order valence-corrected chi connectivity index (χ3v) is 12.9. The Hall–Kier alpha value is -1.12. The van der Waals surface area contributed by atoms with Gasteiger partial charge in [0.15, 0.2) is 0 Å². The number of hydrogen-bond acceptors (Lipinski definition) is 7. The Balaban J connectivity index is 0. The molecule has 1 fully saturated rings. The molecule has 0 saturated carbocycles. The summed E-state index contributed by atoms with van der Waals surface area (Å²) in [6, 6.07) is 6.86. The van der Waals surface area contributed by atoms with Crippen LogP contribution in [-0.4, -0.2) is 116 Å². The Bertz CT molecular complexity index is 1130. The molecule has 10 nitrogen and oxygen atoms in total. The van der Waals surface area contributed by atoms with Crippen molar-refractivity contribution in [3.05, 3.63) is 29.8 Å². The van der Waals surface area contributed by atoms with Crippen LogP contribution in [0.15, 0.2) is 29.2 Å². The van der Waals surface area contributed by atoms with Crippen LogP contribution in [0.1, 0.15) is 177 Å². The Morgan fingerprint density at radius 3 is 0.982 bits per heavy atom. The molecule has 1 aromatic rings. The third kappa shape index (κ3) is 28.3. The van der Waals surface area contributed by atoms with E-state index >= 15 is 0 Å². The molecule has 1 N–H and O–H groups in total. The van der Waals surface area contributed by atoms with E-state index in [0.717, 1.165) is 5.56 Å². The predicted molar refractivity (Wildman–Crippen MR) is 234 cm³/mol. The fourth-order valence-electron chi connectivity index (χ4n) is 7.23. The first-order chi connectivity index (χ1) is 26.5. The van der Waals surface area contributed by atoms with Crippen molar-refractivity contribution >= 4 is 20.4 Å². The molecule has 0 atom stereocenters. The largest absolute Gasteiger partial charge is 0.759 e. The van der Waals surface area contributed by atoms with Crippen LogP contribution in [0, 0.1) is 6.92 Å². The number of aryl methyl sites for hydroxylation is 1. The van der Waals surface area contributed by atoms with Gasteiger partial charge in [0.1, 0.15) is 0 Å². The Kier molecular flexibility index (Phi) is 34.3. The van der Waals surface area contributed by atoms with Gasteiger partial charge >= 0.3 is 0 Å². The lowest BCUT2D eigenvalue weighted by Crippen LogP contribution is -2.50. The SMILES string of the molecule is CCCC[N+](CCCC)(CCCC)CCCC.CCCC[N+](CCCC)(CCCC)CCCC.Cc1ccc(S(=O)(=O)N2CCC(O)CC2)cc1.O=S(=O)([O-])[O-]. The number of hydrogen-bond donors (Lipinski definition) is 1. The van der Waals surface area contributed by atoms with Gasteiger partial charge in [-0.25, -0.2) is 8.42 Å². The van der Waals surface area contributed by atoms with Crippen LogP contribution in [0.4, 0.5) is 0 Å². The van der Waals surface area contributed by atoms with Crippen LogP contribution in [0.25, 0.3) is 0 Å². The Morgan fingerprint density at radius 2 is 0.768 bits per heavy atom. The molecule has 1 saturated heterocycles. The van der Waals surface area contributed by atoms with Gasteiger partial charge in [0.05, 0.1) is 63.4 Å². The standard InChI is InChI=1S/2C16H36N.C12H17NO3S.H2O4S/c2*1-5-9-13-17(14-10-6-2,15-11-7-3)16-12-8-4;1-10-2-4-12(5-3-10)17(15,16)13-8-6-11(14)7-9-13;1-5(2,3)4/h2*5-16H2,1-4H3;2-5,11,14H,6-9H2,1H3;(H2,1,2,3,4)/q2*+1;;/p-2. The fourth-order valence-corrected chi connectivity index (χ4v) is 8.70. The molecule has 0 aromatic heterocycles. The molecule has 1 aromatic carbocycles. The van der Waals surface area contributed by atoms with E-state index < -0.39 is 20.4 Å². The van der Waals surface area contributed by atoms with E-state index in [1.165, 1.54) is 168 Å². The fraction of sp³-hybridized carbons (Fsp3) is 0.864. The number of aliphatic hydroxyl groups excluding tert-OH is 1. The molecule has 1 heterocycles. The molecule has 334 valence electrons. The summed E-state index contributed by atoms with van der Waals surface area (Å²) in [5, 5.41) is 9.38. The van der Waals surface area contributed by atoms with E-state index in [2.05, 4.69) is 55.4 Å². The third-order valence-electron chi connectivity index (χ3n) is 11.0. The van der Waals surface area contributed by atoms with Gasteiger partial charge in [0.25, 0.3) is 0 Å². The molecule has 2 rings (SSSR count). The molecule has 0 radical (unpaired) electrons. The summed E-state index contributed by atoms with van der Waals surface area (Å²) in [4.78, 5) is 0.333. The van der Waals surface area contributed by atoms with Crippen molar-refractivity contribution in [1.82, 2.24) is 4.31 Å². The van der Waals surface area contributed by atoms with E-state index in [1.807, 2.05) is 6.92 Å². The predicted octanol–water partition coefficient (Wildman–Crippen LogP) is 9.81. The van der Waals surface area contributed by atoms with Gasteiger partial charge in [0, 0.05) is 23.5 Å². The van der Waals surface area contributed by atoms with Gasteiger partial charge in [-0.15, -0.1) is 0 Å². The molecule has 0 bridgehead atoms. The number of unbranched alkanes of at least 4 members (excludes halogenated alkanes) is 8. The van der Waals surface area contributed by atoms with Crippen LogP contribution in [0.3, 0.4) is 0 Å². The highest BCUT2D eigenvalue weighted by atomic mass is 32.3. The van der Waals surface area contributed by atoms with E-state index in [1.54, 1.807) is 24.3 Å². The molecule has 0 amide bonds. The van der Waals surface area contributed by atoms with Gasteiger partial charge in [-0.05, 0) is 83.3 Å². The number of rotatable bonds is 26. The number of nitrogens with zero attached hydrogens (tertiary/aromatic N) is 3. The first kappa shape index (κ1) is 57.0. The van der Waals surface area contributed by atoms with Crippen molar-refractivity contribution in [3.8, 4) is 0 Å². The van der Waals surface area contributed by atoms with Crippen molar-refractivity contribution in [2.75, 3.05) is 65.4 Å². The zero-order valence-corrected chi connectivity index (χ0v) is 39.4. The second-order valence-corrected chi connectivity index (χ2v) is 18.9. The summed E-state index contributed by atoms with van der Waals surface area (Å²) in [7, 11) is -8.55. The normalized spacial score (nSPS) is 14.2. The highest BCUT2D eigenvalue weighted by molar-refractivity contribution is 7.89. The smallest absolute Gasteiger partial charge is 0.243 e.